The highest BCUT2D eigenvalue weighted by Gasteiger charge is 2.41. The summed E-state index contributed by atoms with van der Waals surface area (Å²) in [5, 5.41) is 18.5. The highest BCUT2D eigenvalue weighted by atomic mass is 32.1. The van der Waals surface area contributed by atoms with Crippen LogP contribution in [-0.4, -0.2) is 33.0 Å². The third-order valence-corrected chi connectivity index (χ3v) is 6.51. The molecule has 36 heavy (non-hydrogen) atoms. The Bertz CT molecular complexity index is 1330. The molecule has 5 rings (SSSR count). The normalized spacial score (nSPS) is 17.1. The Kier molecular flexibility index (Phi) is 6.90. The minimum absolute atomic E-state index is 0.0429. The fourth-order valence-corrected chi connectivity index (χ4v) is 4.74. The van der Waals surface area contributed by atoms with Gasteiger partial charge in [0, 0.05) is 42.7 Å². The van der Waals surface area contributed by atoms with Crippen LogP contribution in [0.3, 0.4) is 0 Å². The van der Waals surface area contributed by atoms with Crippen molar-refractivity contribution >= 4 is 28.7 Å². The van der Waals surface area contributed by atoms with E-state index in [1.165, 1.54) is 12.1 Å². The van der Waals surface area contributed by atoms with Crippen molar-refractivity contribution in [3.63, 3.8) is 0 Å². The molecule has 1 aliphatic rings. The molecule has 9 heteroatoms. The first kappa shape index (κ1) is 23.5. The maximum Gasteiger partial charge on any atom is 0.269 e. The van der Waals surface area contributed by atoms with E-state index in [1.807, 2.05) is 60.7 Å². The van der Waals surface area contributed by atoms with E-state index >= 15 is 0 Å². The van der Waals surface area contributed by atoms with Crippen LogP contribution in [0.4, 0.5) is 11.4 Å². The van der Waals surface area contributed by atoms with Gasteiger partial charge in [0.05, 0.1) is 16.7 Å². The SMILES string of the molecule is O=[N+]([O-])c1ccc(-c2ccc([C@H]3[C@H](c4ccccn4)NC(=S)N3CCCNc3ccccc3)o2)cc1. The van der Waals surface area contributed by atoms with Crippen LogP contribution in [0.5, 0.6) is 0 Å². The Hall–Kier alpha value is -4.24. The lowest BCUT2D eigenvalue weighted by atomic mass is 10.0. The number of anilines is 1. The molecule has 8 nitrogen and oxygen atoms in total. The van der Waals surface area contributed by atoms with Gasteiger partial charge in [0.2, 0.25) is 0 Å². The van der Waals surface area contributed by atoms with Crippen molar-refractivity contribution in [2.75, 3.05) is 18.4 Å². The first-order chi connectivity index (χ1) is 17.6. The maximum absolute atomic E-state index is 11.0. The number of benzene rings is 2. The molecule has 4 aromatic rings. The smallest absolute Gasteiger partial charge is 0.269 e. The Labute approximate surface area is 214 Å². The Morgan fingerprint density at radius 3 is 2.53 bits per heavy atom. The van der Waals surface area contributed by atoms with Gasteiger partial charge < -0.3 is 20.0 Å². The average molecular weight is 500 g/mol. The molecular formula is C27H25N5O3S. The number of nitro benzene ring substituents is 1. The summed E-state index contributed by atoms with van der Waals surface area (Å²) >= 11 is 5.74. The number of furan rings is 1. The summed E-state index contributed by atoms with van der Waals surface area (Å²) in [7, 11) is 0. The van der Waals surface area contributed by atoms with Crippen molar-refractivity contribution in [1.29, 1.82) is 0 Å². The molecule has 2 N–H and O–H groups in total. The predicted octanol–water partition coefficient (Wildman–Crippen LogP) is 5.72. The van der Waals surface area contributed by atoms with Crippen LogP contribution in [0, 0.1) is 10.1 Å². The largest absolute Gasteiger partial charge is 0.459 e. The molecule has 0 unspecified atom stereocenters. The molecule has 182 valence electrons. The van der Waals surface area contributed by atoms with Crippen molar-refractivity contribution in [3.8, 4) is 11.3 Å². The van der Waals surface area contributed by atoms with Gasteiger partial charge in [-0.3, -0.25) is 15.1 Å². The number of thiocarbonyl (C=S) groups is 1. The Morgan fingerprint density at radius 2 is 1.81 bits per heavy atom. The van der Waals surface area contributed by atoms with Gasteiger partial charge in [-0.2, -0.15) is 0 Å². The molecule has 0 spiro atoms. The second kappa shape index (κ2) is 10.6. The van der Waals surface area contributed by atoms with Crippen molar-refractivity contribution in [2.45, 2.75) is 18.5 Å². The number of hydrogen-bond acceptors (Lipinski definition) is 6. The van der Waals surface area contributed by atoms with Crippen LogP contribution >= 0.6 is 12.2 Å². The van der Waals surface area contributed by atoms with Crippen molar-refractivity contribution in [1.82, 2.24) is 15.2 Å². The zero-order valence-electron chi connectivity index (χ0n) is 19.4. The van der Waals surface area contributed by atoms with Gasteiger partial charge in [0.15, 0.2) is 5.11 Å². The topological polar surface area (TPSA) is 96.5 Å². The van der Waals surface area contributed by atoms with E-state index in [0.29, 0.717) is 10.9 Å². The number of pyridine rings is 1. The van der Waals surface area contributed by atoms with E-state index in [0.717, 1.165) is 42.2 Å². The number of nitrogens with one attached hydrogen (secondary N) is 2. The predicted molar refractivity (Wildman–Crippen MR) is 143 cm³/mol. The third kappa shape index (κ3) is 5.06. The zero-order valence-corrected chi connectivity index (χ0v) is 20.2. The number of para-hydroxylation sites is 1. The standard InChI is InChI=1S/C27H25N5O3S/c33-32(34)21-12-10-19(11-13-21)23-14-15-24(35-23)26-25(22-9-4-5-16-29-22)30-27(36)31(26)18-6-17-28-20-7-2-1-3-8-20/h1-5,7-16,25-26,28H,6,17-18H2,(H,30,36)/t25-,26-/m0/s1. The summed E-state index contributed by atoms with van der Waals surface area (Å²) < 4.78 is 6.31. The molecule has 1 fully saturated rings. The second-order valence-electron chi connectivity index (χ2n) is 8.47. The second-order valence-corrected chi connectivity index (χ2v) is 8.86. The van der Waals surface area contributed by atoms with Crippen LogP contribution in [0.1, 0.15) is 30.0 Å². The number of nitrogens with zero attached hydrogens (tertiary/aromatic N) is 3. The van der Waals surface area contributed by atoms with Crippen molar-refractivity contribution < 1.29 is 9.34 Å². The van der Waals surface area contributed by atoms with E-state index in [1.54, 1.807) is 18.3 Å². The van der Waals surface area contributed by atoms with Crippen LogP contribution in [-0.2, 0) is 0 Å². The number of nitro groups is 1. The summed E-state index contributed by atoms with van der Waals surface area (Å²) in [6.45, 7) is 1.53. The zero-order chi connectivity index (χ0) is 24.9. The lowest BCUT2D eigenvalue weighted by molar-refractivity contribution is -0.384. The van der Waals surface area contributed by atoms with Gasteiger partial charge in [-0.05, 0) is 67.2 Å². The molecule has 0 aliphatic carbocycles. The van der Waals surface area contributed by atoms with Gasteiger partial charge in [0.1, 0.15) is 17.6 Å². The monoisotopic (exact) mass is 499 g/mol. The summed E-state index contributed by atoms with van der Waals surface area (Å²) in [6, 6.07) is 25.8. The van der Waals surface area contributed by atoms with E-state index in [9.17, 15) is 10.1 Å². The van der Waals surface area contributed by atoms with Crippen molar-refractivity contribution in [3.05, 3.63) is 113 Å². The molecule has 3 heterocycles. The lowest BCUT2D eigenvalue weighted by Gasteiger charge is -2.26. The number of non-ortho nitro benzene ring substituents is 1. The van der Waals surface area contributed by atoms with Gasteiger partial charge >= 0.3 is 0 Å². The summed E-state index contributed by atoms with van der Waals surface area (Å²) in [5.41, 5.74) is 2.78. The highest BCUT2D eigenvalue weighted by molar-refractivity contribution is 7.80. The maximum atomic E-state index is 11.0. The van der Waals surface area contributed by atoms with Gasteiger partial charge in [-0.25, -0.2) is 0 Å². The molecular weight excluding hydrogens is 474 g/mol. The van der Waals surface area contributed by atoms with Crippen LogP contribution in [0.2, 0.25) is 0 Å². The fourth-order valence-electron chi connectivity index (χ4n) is 4.41. The molecule has 0 bridgehead atoms. The molecule has 1 aliphatic heterocycles. The van der Waals surface area contributed by atoms with Crippen LogP contribution in [0.15, 0.2) is 95.5 Å². The van der Waals surface area contributed by atoms with E-state index in [2.05, 4.69) is 20.5 Å². The molecule has 0 radical (unpaired) electrons. The van der Waals surface area contributed by atoms with Crippen molar-refractivity contribution in [2.24, 2.45) is 0 Å². The quantitative estimate of drug-likeness (QED) is 0.131. The summed E-state index contributed by atoms with van der Waals surface area (Å²) in [5.74, 6) is 1.39. The molecule has 0 saturated carbocycles. The van der Waals surface area contributed by atoms with E-state index < -0.39 is 4.92 Å². The first-order valence-corrected chi connectivity index (χ1v) is 12.1. The van der Waals surface area contributed by atoms with Crippen LogP contribution < -0.4 is 10.6 Å². The Morgan fingerprint density at radius 1 is 1.03 bits per heavy atom. The Balaban J connectivity index is 1.37. The van der Waals surface area contributed by atoms with Gasteiger partial charge in [0.25, 0.3) is 5.69 Å². The summed E-state index contributed by atoms with van der Waals surface area (Å²) in [6.07, 6.45) is 2.64. The molecule has 2 atom stereocenters. The van der Waals surface area contributed by atoms with Gasteiger partial charge in [-0.1, -0.05) is 24.3 Å². The van der Waals surface area contributed by atoms with Crippen LogP contribution in [0.25, 0.3) is 11.3 Å². The minimum Gasteiger partial charge on any atom is -0.459 e. The fraction of sp³-hybridized carbons (Fsp3) is 0.185. The molecule has 2 aromatic carbocycles. The minimum atomic E-state index is -0.412. The molecule has 0 amide bonds. The average Bonchev–Trinajstić information content (AvgIpc) is 3.52. The number of rotatable bonds is 9. The first-order valence-electron chi connectivity index (χ1n) is 11.7. The van der Waals surface area contributed by atoms with E-state index in [4.69, 9.17) is 16.6 Å². The number of hydrogen-bond donors (Lipinski definition) is 2. The van der Waals surface area contributed by atoms with E-state index in [-0.39, 0.29) is 17.8 Å². The molecule has 1 saturated heterocycles. The highest BCUT2D eigenvalue weighted by Crippen LogP contribution is 2.40. The van der Waals surface area contributed by atoms with Gasteiger partial charge in [-0.15, -0.1) is 0 Å². The number of aromatic nitrogens is 1. The molecule has 2 aromatic heterocycles. The summed E-state index contributed by atoms with van der Waals surface area (Å²) in [4.78, 5) is 17.3. The lowest BCUT2D eigenvalue weighted by Crippen LogP contribution is -2.31. The third-order valence-electron chi connectivity index (χ3n) is 6.16.